The lowest BCUT2D eigenvalue weighted by molar-refractivity contribution is -0.137. The SMILES string of the molecule is CNC(=O)CN(C)C(=O)COC(=O)c1cc(Cl)nc2ccccc12. The molecule has 0 aliphatic carbocycles. The average Bonchev–Trinajstić information content (AvgIpc) is 2.58. The molecule has 0 spiro atoms. The summed E-state index contributed by atoms with van der Waals surface area (Å²) in [6.07, 6.45) is 0. The Balaban J connectivity index is 2.08. The first-order valence-electron chi connectivity index (χ1n) is 7.09. The molecule has 126 valence electrons. The second kappa shape index (κ2) is 7.74. The number of para-hydroxylation sites is 1. The number of fused-ring (bicyclic) bond motifs is 1. The number of ether oxygens (including phenoxy) is 1. The molecule has 0 aliphatic heterocycles. The summed E-state index contributed by atoms with van der Waals surface area (Å²) in [5, 5.41) is 3.14. The van der Waals surface area contributed by atoms with Crippen LogP contribution in [-0.2, 0) is 14.3 Å². The predicted octanol–water partition coefficient (Wildman–Crippen LogP) is 1.25. The van der Waals surface area contributed by atoms with Gasteiger partial charge in [-0.3, -0.25) is 9.59 Å². The number of carbonyl (C=O) groups excluding carboxylic acids is 3. The fourth-order valence-electron chi connectivity index (χ4n) is 2.01. The number of rotatable bonds is 5. The third-order valence-electron chi connectivity index (χ3n) is 3.32. The highest BCUT2D eigenvalue weighted by molar-refractivity contribution is 6.30. The smallest absolute Gasteiger partial charge is 0.339 e. The van der Waals surface area contributed by atoms with Gasteiger partial charge in [0.2, 0.25) is 5.91 Å². The van der Waals surface area contributed by atoms with Crippen molar-refractivity contribution in [3.63, 3.8) is 0 Å². The van der Waals surface area contributed by atoms with Crippen molar-refractivity contribution in [1.82, 2.24) is 15.2 Å². The number of amides is 2. The Bertz CT molecular complexity index is 794. The summed E-state index contributed by atoms with van der Waals surface area (Å²) in [7, 11) is 2.92. The lowest BCUT2D eigenvalue weighted by atomic mass is 10.1. The van der Waals surface area contributed by atoms with Crippen molar-refractivity contribution in [3.05, 3.63) is 41.0 Å². The maximum atomic E-state index is 12.3. The molecule has 0 fully saturated rings. The first-order valence-corrected chi connectivity index (χ1v) is 7.47. The van der Waals surface area contributed by atoms with E-state index in [4.69, 9.17) is 16.3 Å². The summed E-state index contributed by atoms with van der Waals surface area (Å²) in [4.78, 5) is 40.7. The normalized spacial score (nSPS) is 10.3. The van der Waals surface area contributed by atoms with Gasteiger partial charge in [-0.25, -0.2) is 9.78 Å². The van der Waals surface area contributed by atoms with Crippen molar-refractivity contribution in [3.8, 4) is 0 Å². The zero-order valence-electron chi connectivity index (χ0n) is 13.2. The molecule has 2 rings (SSSR count). The van der Waals surface area contributed by atoms with Crippen molar-refractivity contribution in [1.29, 1.82) is 0 Å². The van der Waals surface area contributed by atoms with Gasteiger partial charge in [-0.1, -0.05) is 29.8 Å². The van der Waals surface area contributed by atoms with Gasteiger partial charge in [0, 0.05) is 19.5 Å². The third kappa shape index (κ3) is 4.20. The molecular weight excluding hydrogens is 334 g/mol. The molecule has 1 N–H and O–H groups in total. The number of pyridine rings is 1. The molecular formula is C16H16ClN3O4. The van der Waals surface area contributed by atoms with E-state index in [1.807, 2.05) is 0 Å². The molecule has 2 aromatic rings. The van der Waals surface area contributed by atoms with Gasteiger partial charge in [-0.05, 0) is 12.1 Å². The summed E-state index contributed by atoms with van der Waals surface area (Å²) in [6.45, 7) is -0.586. The van der Waals surface area contributed by atoms with E-state index in [2.05, 4.69) is 10.3 Å². The first kappa shape index (κ1) is 17.7. The first-order chi connectivity index (χ1) is 11.4. The van der Waals surface area contributed by atoms with Crippen LogP contribution in [0.25, 0.3) is 10.9 Å². The molecule has 0 atom stereocenters. The number of esters is 1. The molecule has 24 heavy (non-hydrogen) atoms. The second-order valence-electron chi connectivity index (χ2n) is 5.01. The number of carbonyl (C=O) groups is 3. The number of nitrogens with one attached hydrogen (secondary N) is 1. The Morgan fingerprint density at radius 3 is 2.71 bits per heavy atom. The Kier molecular flexibility index (Phi) is 5.70. The van der Waals surface area contributed by atoms with Crippen molar-refractivity contribution in [2.75, 3.05) is 27.2 Å². The Hall–Kier alpha value is -2.67. The van der Waals surface area contributed by atoms with Crippen LogP contribution in [-0.4, -0.2) is 54.9 Å². The summed E-state index contributed by atoms with van der Waals surface area (Å²) < 4.78 is 5.04. The Labute approximate surface area is 143 Å². The van der Waals surface area contributed by atoms with Crippen molar-refractivity contribution < 1.29 is 19.1 Å². The number of nitrogens with zero attached hydrogens (tertiary/aromatic N) is 2. The molecule has 1 heterocycles. The van der Waals surface area contributed by atoms with Crippen LogP contribution >= 0.6 is 11.6 Å². The fourth-order valence-corrected chi connectivity index (χ4v) is 2.21. The third-order valence-corrected chi connectivity index (χ3v) is 3.51. The van der Waals surface area contributed by atoms with Gasteiger partial charge in [-0.15, -0.1) is 0 Å². The molecule has 8 heteroatoms. The van der Waals surface area contributed by atoms with E-state index in [1.165, 1.54) is 25.1 Å². The number of benzene rings is 1. The van der Waals surface area contributed by atoms with Gasteiger partial charge in [-0.2, -0.15) is 0 Å². The largest absolute Gasteiger partial charge is 0.452 e. The standard InChI is InChI=1S/C16H16ClN3O4/c1-18-14(21)8-20(2)15(22)9-24-16(23)11-7-13(17)19-12-6-4-3-5-10(11)12/h3-7H,8-9H2,1-2H3,(H,18,21). The van der Waals surface area contributed by atoms with Crippen LogP contribution in [0.5, 0.6) is 0 Å². The van der Waals surface area contributed by atoms with E-state index in [0.717, 1.165) is 0 Å². The van der Waals surface area contributed by atoms with Gasteiger partial charge in [0.25, 0.3) is 5.91 Å². The molecule has 0 aliphatic rings. The zero-order valence-corrected chi connectivity index (χ0v) is 14.0. The number of halogens is 1. The van der Waals surface area contributed by atoms with E-state index >= 15 is 0 Å². The maximum Gasteiger partial charge on any atom is 0.339 e. The van der Waals surface area contributed by atoms with Gasteiger partial charge >= 0.3 is 5.97 Å². The zero-order chi connectivity index (χ0) is 17.7. The molecule has 7 nitrogen and oxygen atoms in total. The van der Waals surface area contributed by atoms with E-state index < -0.39 is 18.5 Å². The Morgan fingerprint density at radius 1 is 1.29 bits per heavy atom. The van der Waals surface area contributed by atoms with Gasteiger partial charge in [0.1, 0.15) is 5.15 Å². The lowest BCUT2D eigenvalue weighted by Crippen LogP contribution is -2.39. The Morgan fingerprint density at radius 2 is 2.00 bits per heavy atom. The lowest BCUT2D eigenvalue weighted by Gasteiger charge is -2.16. The molecule has 0 bridgehead atoms. The van der Waals surface area contributed by atoms with Crippen molar-refractivity contribution in [2.24, 2.45) is 0 Å². The fraction of sp³-hybridized carbons (Fsp3) is 0.250. The van der Waals surface area contributed by atoms with Crippen LogP contribution in [0.3, 0.4) is 0 Å². The quantitative estimate of drug-likeness (QED) is 0.648. The van der Waals surface area contributed by atoms with E-state index in [0.29, 0.717) is 10.9 Å². The van der Waals surface area contributed by atoms with Gasteiger partial charge in [0.15, 0.2) is 6.61 Å². The number of aromatic nitrogens is 1. The maximum absolute atomic E-state index is 12.3. The number of hydrogen-bond acceptors (Lipinski definition) is 5. The minimum Gasteiger partial charge on any atom is -0.452 e. The van der Waals surface area contributed by atoms with E-state index in [1.54, 1.807) is 24.3 Å². The van der Waals surface area contributed by atoms with Gasteiger partial charge in [0.05, 0.1) is 17.6 Å². The van der Waals surface area contributed by atoms with Crippen LogP contribution < -0.4 is 5.32 Å². The van der Waals surface area contributed by atoms with Crippen molar-refractivity contribution in [2.45, 2.75) is 0 Å². The summed E-state index contributed by atoms with van der Waals surface area (Å²) in [6, 6.07) is 8.37. The topological polar surface area (TPSA) is 88.6 Å². The molecule has 0 saturated carbocycles. The minimum atomic E-state index is -0.683. The number of hydrogen-bond donors (Lipinski definition) is 1. The average molecular weight is 350 g/mol. The second-order valence-corrected chi connectivity index (χ2v) is 5.40. The molecule has 1 aromatic carbocycles. The minimum absolute atomic E-state index is 0.114. The van der Waals surface area contributed by atoms with E-state index in [9.17, 15) is 14.4 Å². The molecule has 1 aromatic heterocycles. The van der Waals surface area contributed by atoms with Crippen molar-refractivity contribution >= 4 is 40.3 Å². The highest BCUT2D eigenvalue weighted by Crippen LogP contribution is 2.21. The highest BCUT2D eigenvalue weighted by Gasteiger charge is 2.18. The van der Waals surface area contributed by atoms with Crippen LogP contribution in [0.1, 0.15) is 10.4 Å². The monoisotopic (exact) mass is 349 g/mol. The van der Waals surface area contributed by atoms with Crippen LogP contribution in [0.4, 0.5) is 0 Å². The van der Waals surface area contributed by atoms with Crippen LogP contribution in [0.15, 0.2) is 30.3 Å². The molecule has 0 radical (unpaired) electrons. The predicted molar refractivity (Wildman–Crippen MR) is 88.7 cm³/mol. The van der Waals surface area contributed by atoms with Gasteiger partial charge < -0.3 is 15.0 Å². The van der Waals surface area contributed by atoms with Crippen LogP contribution in [0.2, 0.25) is 5.15 Å². The summed E-state index contributed by atoms with van der Waals surface area (Å²) >= 11 is 5.92. The van der Waals surface area contributed by atoms with E-state index in [-0.39, 0.29) is 23.2 Å². The molecule has 0 unspecified atom stereocenters. The number of likely N-dealkylation sites (N-methyl/N-ethyl adjacent to an activating group) is 2. The molecule has 0 saturated heterocycles. The van der Waals surface area contributed by atoms with Crippen LogP contribution in [0, 0.1) is 0 Å². The summed E-state index contributed by atoms with van der Waals surface area (Å²) in [5.41, 5.74) is 0.785. The summed E-state index contributed by atoms with van der Waals surface area (Å²) in [5.74, 6) is -1.49. The highest BCUT2D eigenvalue weighted by atomic mass is 35.5. The molecule has 2 amide bonds.